The van der Waals surface area contributed by atoms with E-state index in [2.05, 4.69) is 131 Å². The summed E-state index contributed by atoms with van der Waals surface area (Å²) >= 11 is 0. The number of hydrogen-bond acceptors (Lipinski definition) is 3. The Labute approximate surface area is 233 Å². The van der Waals surface area contributed by atoms with Crippen LogP contribution in [0.3, 0.4) is 0 Å². The monoisotopic (exact) mass is 509 g/mol. The van der Waals surface area contributed by atoms with Crippen LogP contribution in [0.25, 0.3) is 22.4 Å². The lowest BCUT2D eigenvalue weighted by atomic mass is 9.64. The van der Waals surface area contributed by atoms with Crippen LogP contribution >= 0.6 is 0 Å². The van der Waals surface area contributed by atoms with Crippen molar-refractivity contribution in [3.8, 4) is 28.5 Å². The van der Waals surface area contributed by atoms with Gasteiger partial charge in [-0.2, -0.15) is 5.26 Å². The Morgan fingerprint density at radius 3 is 1.57 bits per heavy atom. The van der Waals surface area contributed by atoms with Gasteiger partial charge in [-0.05, 0) is 63.7 Å². The van der Waals surface area contributed by atoms with Gasteiger partial charge in [0.05, 0.1) is 39.8 Å². The summed E-state index contributed by atoms with van der Waals surface area (Å²) in [5, 5.41) is 9.58. The molecule has 1 aromatic heterocycles. The van der Waals surface area contributed by atoms with Crippen molar-refractivity contribution in [3.05, 3.63) is 167 Å². The van der Waals surface area contributed by atoms with Gasteiger partial charge >= 0.3 is 0 Å². The highest BCUT2D eigenvalue weighted by Gasteiger charge is 2.51. The summed E-state index contributed by atoms with van der Waals surface area (Å²) < 4.78 is 0. The van der Waals surface area contributed by atoms with Crippen LogP contribution in [0.1, 0.15) is 27.8 Å². The summed E-state index contributed by atoms with van der Waals surface area (Å²) in [6.45, 7) is 0. The van der Waals surface area contributed by atoms with Crippen LogP contribution in [0, 0.1) is 11.3 Å². The second kappa shape index (κ2) is 8.53. The summed E-state index contributed by atoms with van der Waals surface area (Å²) in [4.78, 5) is 7.05. The molecule has 0 N–H and O–H groups in total. The fourth-order valence-corrected chi connectivity index (χ4v) is 6.85. The van der Waals surface area contributed by atoms with Gasteiger partial charge in [0.15, 0.2) is 0 Å². The van der Waals surface area contributed by atoms with E-state index in [0.717, 1.165) is 28.3 Å². The summed E-state index contributed by atoms with van der Waals surface area (Å²) in [6.07, 6.45) is 1.71. The molecular weight excluding hydrogens is 486 g/mol. The largest absolute Gasteiger partial charge is 0.309 e. The second-order valence-electron chi connectivity index (χ2n) is 10.3. The number of anilines is 3. The lowest BCUT2D eigenvalue weighted by molar-refractivity contribution is 0.752. The van der Waals surface area contributed by atoms with Crippen molar-refractivity contribution in [1.29, 1.82) is 5.26 Å². The topological polar surface area (TPSA) is 39.9 Å². The molecule has 0 atom stereocenters. The van der Waals surface area contributed by atoms with Crippen molar-refractivity contribution in [2.75, 3.05) is 4.90 Å². The van der Waals surface area contributed by atoms with Crippen molar-refractivity contribution < 1.29 is 0 Å². The van der Waals surface area contributed by atoms with E-state index < -0.39 is 5.41 Å². The maximum atomic E-state index is 9.58. The van der Waals surface area contributed by atoms with E-state index in [4.69, 9.17) is 0 Å². The Morgan fingerprint density at radius 1 is 0.525 bits per heavy atom. The van der Waals surface area contributed by atoms with E-state index in [0.29, 0.717) is 5.56 Å². The molecule has 3 heteroatoms. The normalized spacial score (nSPS) is 13.6. The number of pyridine rings is 1. The molecule has 40 heavy (non-hydrogen) atoms. The molecule has 0 unspecified atom stereocenters. The lowest BCUT2D eigenvalue weighted by Gasteiger charge is -2.45. The highest BCUT2D eigenvalue weighted by Crippen LogP contribution is 2.63. The molecule has 5 aromatic carbocycles. The molecule has 0 saturated carbocycles. The van der Waals surface area contributed by atoms with Crippen LogP contribution in [0.2, 0.25) is 0 Å². The third kappa shape index (κ3) is 2.91. The molecule has 1 aliphatic heterocycles. The van der Waals surface area contributed by atoms with Gasteiger partial charge in [-0.1, -0.05) is 103 Å². The first-order valence-electron chi connectivity index (χ1n) is 13.5. The van der Waals surface area contributed by atoms with E-state index in [1.54, 1.807) is 12.3 Å². The molecule has 186 valence electrons. The Morgan fingerprint density at radius 2 is 1.00 bits per heavy atom. The maximum Gasteiger partial charge on any atom is 0.0992 e. The molecule has 0 bridgehead atoms. The fraction of sp³-hybridized carbons (Fsp3) is 0.0270. The molecule has 8 rings (SSSR count). The lowest BCUT2D eigenvalue weighted by Crippen LogP contribution is -2.36. The quantitative estimate of drug-likeness (QED) is 0.234. The number of aromatic nitrogens is 1. The predicted molar refractivity (Wildman–Crippen MR) is 160 cm³/mol. The van der Waals surface area contributed by atoms with Gasteiger partial charge in [-0.25, -0.2) is 0 Å². The van der Waals surface area contributed by atoms with E-state index in [1.807, 2.05) is 12.1 Å². The number of nitriles is 1. The van der Waals surface area contributed by atoms with Crippen LogP contribution in [0.5, 0.6) is 0 Å². The van der Waals surface area contributed by atoms with Crippen LogP contribution in [-0.4, -0.2) is 4.98 Å². The Bertz CT molecular complexity index is 1900. The first kappa shape index (κ1) is 22.5. The summed E-state index contributed by atoms with van der Waals surface area (Å²) in [6, 6.07) is 49.5. The minimum atomic E-state index is -0.440. The van der Waals surface area contributed by atoms with E-state index >= 15 is 0 Å². The number of rotatable bonds is 2. The van der Waals surface area contributed by atoms with Crippen LogP contribution in [0.15, 0.2) is 140 Å². The van der Waals surface area contributed by atoms with Crippen molar-refractivity contribution in [1.82, 2.24) is 4.98 Å². The number of para-hydroxylation sites is 3. The average molecular weight is 510 g/mol. The first-order chi connectivity index (χ1) is 19.8. The number of fused-ring (bicyclic) bond motifs is 9. The van der Waals surface area contributed by atoms with Crippen LogP contribution in [0.4, 0.5) is 17.1 Å². The van der Waals surface area contributed by atoms with Crippen molar-refractivity contribution in [2.24, 2.45) is 0 Å². The van der Waals surface area contributed by atoms with Gasteiger partial charge in [-0.15, -0.1) is 0 Å². The Hall–Kier alpha value is -5.46. The zero-order chi connectivity index (χ0) is 26.7. The smallest absolute Gasteiger partial charge is 0.0992 e. The Kier molecular flexibility index (Phi) is 4.80. The maximum absolute atomic E-state index is 9.58. The van der Waals surface area contributed by atoms with Gasteiger partial charge < -0.3 is 4.90 Å². The third-order valence-corrected chi connectivity index (χ3v) is 8.36. The number of hydrogen-bond donors (Lipinski definition) is 0. The van der Waals surface area contributed by atoms with Crippen LogP contribution < -0.4 is 4.90 Å². The van der Waals surface area contributed by atoms with Crippen LogP contribution in [-0.2, 0) is 5.41 Å². The minimum absolute atomic E-state index is 0.440. The first-order valence-corrected chi connectivity index (χ1v) is 13.5. The average Bonchev–Trinajstić information content (AvgIpc) is 3.33. The van der Waals surface area contributed by atoms with Gasteiger partial charge in [0.1, 0.15) is 0 Å². The zero-order valence-electron chi connectivity index (χ0n) is 21.6. The Balaban J connectivity index is 1.47. The standard InChI is InChI=1S/C37H23N3/c38-24-25-21-22-39-33(23-25)28-13-3-8-18-34(28)40-35-19-9-6-16-31(35)37(32-17-7-10-20-36(32)40)29-14-4-1-11-26(29)27-12-2-5-15-30(27)37/h1-23H. The van der Waals surface area contributed by atoms with E-state index in [-0.39, 0.29) is 0 Å². The van der Waals surface area contributed by atoms with Gasteiger partial charge in [0.2, 0.25) is 0 Å². The van der Waals surface area contributed by atoms with Gasteiger partial charge in [0, 0.05) is 11.8 Å². The fourth-order valence-electron chi connectivity index (χ4n) is 6.85. The molecular formula is C37H23N3. The van der Waals surface area contributed by atoms with Gasteiger partial charge in [-0.3, -0.25) is 4.98 Å². The molecule has 0 fully saturated rings. The molecule has 0 amide bonds. The molecule has 1 aliphatic carbocycles. The summed E-state index contributed by atoms with van der Waals surface area (Å²) in [5.74, 6) is 0. The molecule has 2 aliphatic rings. The SMILES string of the molecule is N#Cc1ccnc(-c2ccccc2N2c3ccccc3C3(c4ccccc4-c4ccccc43)c3ccccc32)c1. The number of benzene rings is 5. The van der Waals surface area contributed by atoms with Crippen molar-refractivity contribution in [2.45, 2.75) is 5.41 Å². The van der Waals surface area contributed by atoms with Crippen molar-refractivity contribution in [3.63, 3.8) is 0 Å². The van der Waals surface area contributed by atoms with E-state index in [9.17, 15) is 5.26 Å². The summed E-state index contributed by atoms with van der Waals surface area (Å²) in [5.41, 5.74) is 12.9. The van der Waals surface area contributed by atoms with Gasteiger partial charge in [0.25, 0.3) is 0 Å². The second-order valence-corrected chi connectivity index (χ2v) is 10.3. The zero-order valence-corrected chi connectivity index (χ0v) is 21.6. The highest BCUT2D eigenvalue weighted by molar-refractivity contribution is 5.98. The van der Waals surface area contributed by atoms with Crippen molar-refractivity contribution >= 4 is 17.1 Å². The molecule has 6 aromatic rings. The molecule has 0 radical (unpaired) electrons. The molecule has 1 spiro atoms. The molecule has 3 nitrogen and oxygen atoms in total. The molecule has 0 saturated heterocycles. The highest BCUT2D eigenvalue weighted by atomic mass is 15.2. The summed E-state index contributed by atoms with van der Waals surface area (Å²) in [7, 11) is 0. The minimum Gasteiger partial charge on any atom is -0.309 e. The number of nitrogens with zero attached hydrogens (tertiary/aromatic N) is 3. The molecule has 2 heterocycles. The third-order valence-electron chi connectivity index (χ3n) is 8.36. The predicted octanol–water partition coefficient (Wildman–Crippen LogP) is 8.77. The van der Waals surface area contributed by atoms with E-state index in [1.165, 1.54) is 33.4 Å².